The van der Waals surface area contributed by atoms with Crippen LogP contribution in [-0.2, 0) is 0 Å². The van der Waals surface area contributed by atoms with Gasteiger partial charge in [0.15, 0.2) is 0 Å². The van der Waals surface area contributed by atoms with Gasteiger partial charge in [0, 0.05) is 14.1 Å². The molecule has 0 fully saturated rings. The molecule has 0 amide bonds. The highest BCUT2D eigenvalue weighted by molar-refractivity contribution is 7.81. The molecule has 7 heteroatoms. The normalized spacial score (nSPS) is 12.6. The number of nitrogens with zero attached hydrogens (tertiary/aromatic N) is 3. The van der Waals surface area contributed by atoms with Crippen LogP contribution in [0.25, 0.3) is 10.2 Å². The predicted molar refractivity (Wildman–Crippen MR) is 106 cm³/mol. The van der Waals surface area contributed by atoms with E-state index in [1.165, 1.54) is 0 Å². The number of hydrogen-bond acceptors (Lipinski definition) is 5. The molecule has 2 aromatic carbocycles. The van der Waals surface area contributed by atoms with E-state index in [1.807, 2.05) is 37.2 Å². The minimum absolute atomic E-state index is 0.200. The van der Waals surface area contributed by atoms with Crippen molar-refractivity contribution in [1.29, 1.82) is 0 Å². The van der Waals surface area contributed by atoms with Crippen molar-refractivity contribution < 1.29 is 9.90 Å². The van der Waals surface area contributed by atoms with Gasteiger partial charge < -0.3 is 10.0 Å². The lowest BCUT2D eigenvalue weighted by Gasteiger charge is -2.07. The van der Waals surface area contributed by atoms with Gasteiger partial charge in [-0.15, -0.1) is 11.3 Å². The summed E-state index contributed by atoms with van der Waals surface area (Å²) in [5.41, 5.74) is 2.96. The Kier molecular flexibility index (Phi) is 5.06. The third-order valence-corrected chi connectivity index (χ3v) is 5.33. The summed E-state index contributed by atoms with van der Waals surface area (Å²) in [5.74, 6) is -0.937. The Morgan fingerprint density at radius 1 is 1.28 bits per heavy atom. The molecule has 3 aromatic rings. The molecule has 0 saturated carbocycles. The summed E-state index contributed by atoms with van der Waals surface area (Å²) in [6.07, 6.45) is 1.76. The van der Waals surface area contributed by atoms with Gasteiger partial charge in [0.05, 0.1) is 33.1 Å². The van der Waals surface area contributed by atoms with Crippen LogP contribution in [0, 0.1) is 0 Å². The molecule has 1 N–H and O–H groups in total. The molecular formula is C18H17N3O2S2. The first-order chi connectivity index (χ1) is 11.9. The number of carbonyl (C=O) groups is 1. The van der Waals surface area contributed by atoms with Crippen LogP contribution in [0.1, 0.15) is 26.2 Å². The van der Waals surface area contributed by atoms with Crippen molar-refractivity contribution in [3.63, 3.8) is 0 Å². The van der Waals surface area contributed by atoms with Crippen molar-refractivity contribution >= 4 is 52.2 Å². The fraction of sp³-hybridized carbons (Fsp3) is 0.167. The Bertz CT molecular complexity index is 933. The van der Waals surface area contributed by atoms with Crippen LogP contribution in [0.2, 0.25) is 0 Å². The van der Waals surface area contributed by atoms with Gasteiger partial charge in [-0.3, -0.25) is 0 Å². The Balaban J connectivity index is 1.88. The zero-order valence-corrected chi connectivity index (χ0v) is 15.5. The fourth-order valence-corrected chi connectivity index (χ4v) is 3.66. The number of hydrogen-bond donors (Lipinski definition) is 2. The summed E-state index contributed by atoms with van der Waals surface area (Å²) in [4.78, 5) is 21.9. The van der Waals surface area contributed by atoms with E-state index < -0.39 is 5.97 Å². The minimum Gasteiger partial charge on any atom is -0.478 e. The molecule has 25 heavy (non-hydrogen) atoms. The molecule has 1 atom stereocenters. The lowest BCUT2D eigenvalue weighted by Crippen LogP contribution is -2.06. The van der Waals surface area contributed by atoms with Gasteiger partial charge in [-0.1, -0.05) is 12.1 Å². The summed E-state index contributed by atoms with van der Waals surface area (Å²) in [6.45, 7) is 0. The molecule has 128 valence electrons. The van der Waals surface area contributed by atoms with Crippen molar-refractivity contribution in [3.8, 4) is 0 Å². The molecule has 1 unspecified atom stereocenters. The first-order valence-corrected chi connectivity index (χ1v) is 8.90. The highest BCUT2D eigenvalue weighted by atomic mass is 32.1. The lowest BCUT2D eigenvalue weighted by atomic mass is 10.1. The topological polar surface area (TPSA) is 65.8 Å². The Hall–Kier alpha value is -2.38. The maximum Gasteiger partial charge on any atom is 0.335 e. The summed E-state index contributed by atoms with van der Waals surface area (Å²) in [5, 5.41) is 9.66. The van der Waals surface area contributed by atoms with E-state index in [9.17, 15) is 4.79 Å². The maximum atomic E-state index is 11.0. The molecular weight excluding hydrogens is 354 g/mol. The minimum atomic E-state index is -0.937. The molecule has 5 nitrogen and oxygen atoms in total. The van der Waals surface area contributed by atoms with Crippen LogP contribution < -0.4 is 0 Å². The van der Waals surface area contributed by atoms with Gasteiger partial charge in [0.2, 0.25) is 0 Å². The second-order valence-electron chi connectivity index (χ2n) is 5.74. The van der Waals surface area contributed by atoms with Crippen molar-refractivity contribution in [3.05, 3.63) is 58.6 Å². The molecule has 1 aromatic heterocycles. The molecule has 0 aliphatic carbocycles. The lowest BCUT2D eigenvalue weighted by molar-refractivity contribution is 0.0697. The summed E-state index contributed by atoms with van der Waals surface area (Å²) in [7, 11) is 3.85. The first-order valence-electron chi connectivity index (χ1n) is 7.56. The number of benzene rings is 2. The monoisotopic (exact) mass is 371 g/mol. The molecule has 0 aliphatic heterocycles. The number of aromatic nitrogens is 1. The second kappa shape index (κ2) is 7.25. The van der Waals surface area contributed by atoms with Crippen LogP contribution in [0.4, 0.5) is 5.69 Å². The van der Waals surface area contributed by atoms with Crippen molar-refractivity contribution in [1.82, 2.24) is 9.88 Å². The Morgan fingerprint density at radius 3 is 2.64 bits per heavy atom. The van der Waals surface area contributed by atoms with Gasteiger partial charge in [0.1, 0.15) is 5.01 Å². The van der Waals surface area contributed by atoms with Crippen molar-refractivity contribution in [2.45, 2.75) is 5.25 Å². The van der Waals surface area contributed by atoms with E-state index in [0.29, 0.717) is 0 Å². The average Bonchev–Trinajstić information content (AvgIpc) is 3.02. The van der Waals surface area contributed by atoms with E-state index in [2.05, 4.69) is 22.6 Å². The van der Waals surface area contributed by atoms with Gasteiger partial charge in [0.25, 0.3) is 0 Å². The maximum absolute atomic E-state index is 11.0. The fourth-order valence-electron chi connectivity index (χ4n) is 2.26. The Labute approximate surface area is 155 Å². The standard InChI is InChI=1S/C18H17N3O2S2/c1-21(2)10-19-13-7-8-14-15(9-13)25-17(20-14)16(24)11-3-5-12(6-4-11)18(22)23/h3-10,16,24H,1-2H3,(H,22,23). The number of fused-ring (bicyclic) bond motifs is 1. The number of aliphatic imine (C=N–C) groups is 1. The first kappa shape index (κ1) is 17.4. The largest absolute Gasteiger partial charge is 0.478 e. The quantitative estimate of drug-likeness (QED) is 0.400. The number of rotatable bonds is 5. The average molecular weight is 371 g/mol. The number of carboxylic acid groups (broad SMARTS) is 1. The molecule has 0 radical (unpaired) electrons. The predicted octanol–water partition coefficient (Wildman–Crippen LogP) is 4.24. The van der Waals surface area contributed by atoms with Crippen molar-refractivity contribution in [2.75, 3.05) is 14.1 Å². The van der Waals surface area contributed by atoms with E-state index in [4.69, 9.17) is 5.11 Å². The van der Waals surface area contributed by atoms with Crippen LogP contribution in [0.5, 0.6) is 0 Å². The number of thiol groups is 1. The highest BCUT2D eigenvalue weighted by Crippen LogP contribution is 2.35. The molecule has 0 aliphatic rings. The van der Waals surface area contributed by atoms with Crippen LogP contribution >= 0.6 is 24.0 Å². The van der Waals surface area contributed by atoms with Crippen LogP contribution in [0.15, 0.2) is 47.5 Å². The molecule has 0 saturated heterocycles. The second-order valence-corrected chi connectivity index (χ2v) is 7.32. The third-order valence-electron chi connectivity index (χ3n) is 3.53. The van der Waals surface area contributed by atoms with Crippen molar-refractivity contribution in [2.24, 2.45) is 4.99 Å². The van der Waals surface area contributed by atoms with Gasteiger partial charge in [-0.05, 0) is 35.9 Å². The zero-order valence-electron chi connectivity index (χ0n) is 13.7. The van der Waals surface area contributed by atoms with Gasteiger partial charge in [-0.2, -0.15) is 12.6 Å². The number of thiazole rings is 1. The van der Waals surface area contributed by atoms with Crippen LogP contribution in [0.3, 0.4) is 0 Å². The van der Waals surface area contributed by atoms with E-state index in [-0.39, 0.29) is 10.8 Å². The molecule has 0 spiro atoms. The zero-order chi connectivity index (χ0) is 18.0. The highest BCUT2D eigenvalue weighted by Gasteiger charge is 2.15. The van der Waals surface area contributed by atoms with E-state index >= 15 is 0 Å². The Morgan fingerprint density at radius 2 is 2.00 bits per heavy atom. The number of aromatic carboxylic acids is 1. The van der Waals surface area contributed by atoms with Gasteiger partial charge >= 0.3 is 5.97 Å². The third kappa shape index (κ3) is 4.00. The van der Waals surface area contributed by atoms with E-state index in [0.717, 1.165) is 26.5 Å². The molecule has 3 rings (SSSR count). The summed E-state index contributed by atoms with van der Waals surface area (Å²) >= 11 is 6.23. The van der Waals surface area contributed by atoms with Crippen LogP contribution in [-0.4, -0.2) is 41.4 Å². The SMILES string of the molecule is CN(C)C=Nc1ccc2nc(C(S)c3ccc(C(=O)O)cc3)sc2c1. The molecule has 1 heterocycles. The van der Waals surface area contributed by atoms with E-state index in [1.54, 1.807) is 41.9 Å². The summed E-state index contributed by atoms with van der Waals surface area (Å²) < 4.78 is 1.05. The smallest absolute Gasteiger partial charge is 0.335 e. The van der Waals surface area contributed by atoms with Gasteiger partial charge in [-0.25, -0.2) is 14.8 Å². The molecule has 0 bridgehead atoms. The number of carboxylic acids is 1. The summed E-state index contributed by atoms with van der Waals surface area (Å²) in [6, 6.07) is 12.6.